The number of nitrogen functional groups attached to an aromatic ring is 1. The van der Waals surface area contributed by atoms with Gasteiger partial charge in [0, 0.05) is 19.7 Å². The van der Waals surface area contributed by atoms with Crippen LogP contribution < -0.4 is 16.2 Å². The maximum Gasteiger partial charge on any atom is 0.311 e. The second-order valence-corrected chi connectivity index (χ2v) is 4.03. The summed E-state index contributed by atoms with van der Waals surface area (Å²) >= 11 is 0. The minimum atomic E-state index is -0.454. The number of ether oxygens (including phenoxy) is 1. The fourth-order valence-corrected chi connectivity index (χ4v) is 1.88. The Balaban J connectivity index is 3.22. The van der Waals surface area contributed by atoms with Crippen LogP contribution in [0.5, 0.6) is 0 Å². The molecule has 1 aromatic rings. The average Bonchev–Trinajstić information content (AvgIpc) is 2.39. The predicted octanol–water partition coefficient (Wildman–Crippen LogP) is 1.14. The van der Waals surface area contributed by atoms with Crippen LogP contribution in [0.25, 0.3) is 0 Å². The predicted molar refractivity (Wildman–Crippen MR) is 73.1 cm³/mol. The molecule has 1 atom stereocenters. The van der Waals surface area contributed by atoms with Crippen LogP contribution in [-0.4, -0.2) is 36.2 Å². The first-order valence-electron chi connectivity index (χ1n) is 5.92. The fourth-order valence-electron chi connectivity index (χ4n) is 1.88. The van der Waals surface area contributed by atoms with Crippen LogP contribution in [0.4, 0.5) is 17.3 Å². The highest BCUT2D eigenvalue weighted by Gasteiger charge is 2.24. The van der Waals surface area contributed by atoms with E-state index in [1.54, 1.807) is 7.11 Å². The second-order valence-electron chi connectivity index (χ2n) is 4.03. The monoisotopic (exact) mass is 269 g/mol. The van der Waals surface area contributed by atoms with E-state index in [0.717, 1.165) is 0 Å². The van der Waals surface area contributed by atoms with Gasteiger partial charge in [-0.3, -0.25) is 10.1 Å². The van der Waals surface area contributed by atoms with Gasteiger partial charge in [0.25, 0.3) is 0 Å². The van der Waals surface area contributed by atoms with Crippen LogP contribution in [0.15, 0.2) is 12.1 Å². The molecule has 8 heteroatoms. The van der Waals surface area contributed by atoms with Gasteiger partial charge in [-0.2, -0.15) is 0 Å². The number of nitrogens with one attached hydrogen (secondary N) is 1. The summed E-state index contributed by atoms with van der Waals surface area (Å²) in [5, 5.41) is 11.1. The van der Waals surface area contributed by atoms with Crippen molar-refractivity contribution < 1.29 is 9.66 Å². The maximum atomic E-state index is 11.1. The summed E-state index contributed by atoms with van der Waals surface area (Å²) in [5.41, 5.74) is 2.34. The van der Waals surface area contributed by atoms with Gasteiger partial charge in [0.2, 0.25) is 5.82 Å². The number of hydrogen-bond donors (Lipinski definition) is 2. The summed E-state index contributed by atoms with van der Waals surface area (Å²) in [6.45, 7) is 4.85. The van der Waals surface area contributed by atoms with Crippen molar-refractivity contribution in [2.45, 2.75) is 19.9 Å². The summed E-state index contributed by atoms with van der Waals surface area (Å²) in [4.78, 5) is 16.6. The number of aromatic nitrogens is 1. The van der Waals surface area contributed by atoms with Gasteiger partial charge in [0.1, 0.15) is 5.82 Å². The number of rotatable bonds is 7. The first-order valence-corrected chi connectivity index (χ1v) is 5.92. The normalized spacial score (nSPS) is 12.0. The number of likely N-dealkylation sites (N-methyl/N-ethyl adjacent to an activating group) is 1. The molecule has 0 radical (unpaired) electrons. The number of pyridine rings is 1. The molecule has 0 spiro atoms. The van der Waals surface area contributed by atoms with E-state index in [4.69, 9.17) is 10.6 Å². The molecule has 0 saturated heterocycles. The van der Waals surface area contributed by atoms with Gasteiger partial charge in [-0.05, 0) is 19.9 Å². The molecular weight excluding hydrogens is 250 g/mol. The molecule has 0 aliphatic rings. The number of nitro groups is 1. The molecule has 0 aliphatic heterocycles. The Morgan fingerprint density at radius 1 is 1.63 bits per heavy atom. The van der Waals surface area contributed by atoms with Crippen LogP contribution in [0.3, 0.4) is 0 Å². The molecule has 1 rings (SSSR count). The van der Waals surface area contributed by atoms with Crippen LogP contribution in [0.2, 0.25) is 0 Å². The quantitative estimate of drug-likeness (QED) is 0.434. The SMILES string of the molecule is CCN(c1nc(NN)ccc1[N+](=O)[O-])C(C)COC. The number of methoxy groups -OCH3 is 1. The Morgan fingerprint density at radius 3 is 2.79 bits per heavy atom. The van der Waals surface area contributed by atoms with E-state index in [2.05, 4.69) is 10.4 Å². The van der Waals surface area contributed by atoms with Gasteiger partial charge in [-0.25, -0.2) is 10.8 Å². The zero-order chi connectivity index (χ0) is 14.4. The minimum absolute atomic E-state index is 0.0331. The van der Waals surface area contributed by atoms with E-state index in [1.165, 1.54) is 12.1 Å². The summed E-state index contributed by atoms with van der Waals surface area (Å²) in [5.74, 6) is 5.96. The first-order chi connectivity index (χ1) is 9.04. The smallest absolute Gasteiger partial charge is 0.311 e. The molecule has 0 aliphatic carbocycles. The fraction of sp³-hybridized carbons (Fsp3) is 0.545. The molecule has 106 valence electrons. The largest absolute Gasteiger partial charge is 0.383 e. The Morgan fingerprint density at radius 2 is 2.32 bits per heavy atom. The number of anilines is 2. The van der Waals surface area contributed by atoms with E-state index in [9.17, 15) is 10.1 Å². The van der Waals surface area contributed by atoms with Crippen molar-refractivity contribution in [2.24, 2.45) is 5.84 Å². The van der Waals surface area contributed by atoms with E-state index in [1.807, 2.05) is 18.7 Å². The van der Waals surface area contributed by atoms with Crippen molar-refractivity contribution in [1.82, 2.24) is 4.98 Å². The third-order valence-corrected chi connectivity index (χ3v) is 2.75. The molecule has 0 aromatic carbocycles. The van der Waals surface area contributed by atoms with Gasteiger partial charge in [-0.15, -0.1) is 0 Å². The first kappa shape index (κ1) is 15.1. The van der Waals surface area contributed by atoms with Gasteiger partial charge in [0.15, 0.2) is 0 Å². The number of hydrazine groups is 1. The van der Waals surface area contributed by atoms with E-state index < -0.39 is 4.92 Å². The maximum absolute atomic E-state index is 11.1. The molecule has 0 amide bonds. The molecule has 0 saturated carbocycles. The Kier molecular flexibility index (Phi) is 5.46. The standard InChI is InChI=1S/C11H19N5O3/c1-4-15(8(2)7-19-3)11-9(16(17)18)5-6-10(13-11)14-12/h5-6,8H,4,7,12H2,1-3H3,(H,13,14). The Hall–Kier alpha value is -1.93. The minimum Gasteiger partial charge on any atom is -0.383 e. The van der Waals surface area contributed by atoms with Crippen LogP contribution in [0, 0.1) is 10.1 Å². The summed E-state index contributed by atoms with van der Waals surface area (Å²) < 4.78 is 5.09. The number of nitrogens with two attached hydrogens (primary N) is 1. The highest BCUT2D eigenvalue weighted by molar-refractivity contribution is 5.62. The molecule has 1 unspecified atom stereocenters. The summed E-state index contributed by atoms with van der Waals surface area (Å²) in [6.07, 6.45) is 0. The van der Waals surface area contributed by atoms with Gasteiger partial charge < -0.3 is 15.1 Å². The third kappa shape index (κ3) is 3.52. The van der Waals surface area contributed by atoms with Crippen LogP contribution >= 0.6 is 0 Å². The van der Waals surface area contributed by atoms with Crippen molar-refractivity contribution in [2.75, 3.05) is 30.6 Å². The molecule has 1 aromatic heterocycles. The molecule has 0 bridgehead atoms. The zero-order valence-corrected chi connectivity index (χ0v) is 11.3. The van der Waals surface area contributed by atoms with E-state index in [0.29, 0.717) is 19.0 Å². The van der Waals surface area contributed by atoms with E-state index in [-0.39, 0.29) is 17.5 Å². The Bertz CT molecular complexity index is 440. The third-order valence-electron chi connectivity index (χ3n) is 2.75. The molecule has 19 heavy (non-hydrogen) atoms. The van der Waals surface area contributed by atoms with E-state index >= 15 is 0 Å². The lowest BCUT2D eigenvalue weighted by atomic mass is 10.2. The van der Waals surface area contributed by atoms with Crippen LogP contribution in [-0.2, 0) is 4.74 Å². The van der Waals surface area contributed by atoms with Crippen molar-refractivity contribution in [3.8, 4) is 0 Å². The van der Waals surface area contributed by atoms with Crippen molar-refractivity contribution in [1.29, 1.82) is 0 Å². The lowest BCUT2D eigenvalue weighted by Crippen LogP contribution is -2.37. The van der Waals surface area contributed by atoms with Crippen molar-refractivity contribution >= 4 is 17.3 Å². The van der Waals surface area contributed by atoms with Crippen LogP contribution in [0.1, 0.15) is 13.8 Å². The molecule has 3 N–H and O–H groups in total. The van der Waals surface area contributed by atoms with Gasteiger partial charge in [-0.1, -0.05) is 0 Å². The lowest BCUT2D eigenvalue weighted by molar-refractivity contribution is -0.384. The topological polar surface area (TPSA) is 107 Å². The average molecular weight is 269 g/mol. The zero-order valence-electron chi connectivity index (χ0n) is 11.3. The van der Waals surface area contributed by atoms with Crippen molar-refractivity contribution in [3.63, 3.8) is 0 Å². The van der Waals surface area contributed by atoms with Crippen molar-refractivity contribution in [3.05, 3.63) is 22.2 Å². The van der Waals surface area contributed by atoms with Gasteiger partial charge in [0.05, 0.1) is 17.6 Å². The number of nitrogens with zero attached hydrogens (tertiary/aromatic N) is 3. The second kappa shape index (κ2) is 6.86. The highest BCUT2D eigenvalue weighted by atomic mass is 16.6. The summed E-state index contributed by atoms with van der Waals surface area (Å²) in [7, 11) is 1.59. The molecule has 0 fully saturated rings. The van der Waals surface area contributed by atoms with Gasteiger partial charge >= 0.3 is 5.69 Å². The number of hydrogen-bond acceptors (Lipinski definition) is 7. The lowest BCUT2D eigenvalue weighted by Gasteiger charge is -2.28. The summed E-state index contributed by atoms with van der Waals surface area (Å²) in [6, 6.07) is 2.82. The Labute approximate surface area is 111 Å². The molecule has 8 nitrogen and oxygen atoms in total. The molecule has 1 heterocycles. The highest BCUT2D eigenvalue weighted by Crippen LogP contribution is 2.28. The molecular formula is C11H19N5O3.